The van der Waals surface area contributed by atoms with Gasteiger partial charge in [-0.1, -0.05) is 0 Å². The molecule has 0 bridgehead atoms. The van der Waals surface area contributed by atoms with Crippen molar-refractivity contribution in [1.82, 2.24) is 14.9 Å². The number of likely N-dealkylation sites (tertiary alicyclic amines) is 1. The van der Waals surface area contributed by atoms with Crippen LogP contribution in [-0.2, 0) is 20.9 Å². The van der Waals surface area contributed by atoms with Crippen LogP contribution in [0.5, 0.6) is 0 Å². The minimum Gasteiger partial charge on any atom is -0.475 e. The number of carboxylic acids is 2. The van der Waals surface area contributed by atoms with Crippen LogP contribution in [0.1, 0.15) is 31.2 Å². The third kappa shape index (κ3) is 8.59. The van der Waals surface area contributed by atoms with E-state index in [2.05, 4.69) is 25.8 Å². The standard InChI is InChI=1S/C19H22N4O.2C2HF3O2/c24-18-3-6-19(23(18)15-16-4-10-20-11-5-16)7-12-22(13-8-19)17-2-1-9-21-14-17;2*3-2(4,5)1(6)7/h1-2,4-5,9-11,14H,3,6-8,12-13,15H2;2*(H,6,7). The normalized spacial score (nSPS) is 16.7. The average Bonchev–Trinajstić information content (AvgIpc) is 3.15. The molecule has 2 aromatic rings. The molecule has 2 aliphatic rings. The number of amides is 1. The fraction of sp³-hybridized carbons (Fsp3) is 0.435. The Morgan fingerprint density at radius 3 is 1.84 bits per heavy atom. The van der Waals surface area contributed by atoms with Gasteiger partial charge in [0.05, 0.1) is 11.9 Å². The average molecular weight is 550 g/mol. The number of hydrogen-bond donors (Lipinski definition) is 2. The summed E-state index contributed by atoms with van der Waals surface area (Å²) in [5.74, 6) is -5.22. The number of carbonyl (C=O) groups is 3. The van der Waals surface area contributed by atoms with Gasteiger partial charge in [-0.05, 0) is 49.1 Å². The fourth-order valence-corrected chi connectivity index (χ4v) is 4.04. The van der Waals surface area contributed by atoms with Crippen molar-refractivity contribution in [3.63, 3.8) is 0 Å². The zero-order valence-electron chi connectivity index (χ0n) is 19.7. The Labute approximate surface area is 212 Å². The van der Waals surface area contributed by atoms with Crippen molar-refractivity contribution in [2.75, 3.05) is 18.0 Å². The minimum absolute atomic E-state index is 0.0268. The lowest BCUT2D eigenvalue weighted by Crippen LogP contribution is -2.52. The lowest BCUT2D eigenvalue weighted by molar-refractivity contribution is -0.193. The molecule has 4 heterocycles. The predicted octanol–water partition coefficient (Wildman–Crippen LogP) is 3.90. The summed E-state index contributed by atoms with van der Waals surface area (Å²) in [6.45, 7) is 2.66. The van der Waals surface area contributed by atoms with Crippen molar-refractivity contribution in [2.45, 2.75) is 50.1 Å². The second kappa shape index (κ2) is 12.6. The maximum Gasteiger partial charge on any atom is 0.490 e. The van der Waals surface area contributed by atoms with Crippen LogP contribution < -0.4 is 4.90 Å². The molecule has 2 aromatic heterocycles. The number of carboxylic acid groups (broad SMARTS) is 2. The van der Waals surface area contributed by atoms with E-state index in [9.17, 15) is 31.1 Å². The van der Waals surface area contributed by atoms with Crippen LogP contribution in [0.2, 0.25) is 0 Å². The van der Waals surface area contributed by atoms with Gasteiger partial charge in [0.25, 0.3) is 0 Å². The molecular formula is C23H24F6N4O5. The van der Waals surface area contributed by atoms with E-state index in [1.807, 2.05) is 24.4 Å². The highest BCUT2D eigenvalue weighted by atomic mass is 19.4. The fourth-order valence-electron chi connectivity index (χ4n) is 4.04. The van der Waals surface area contributed by atoms with Gasteiger partial charge >= 0.3 is 24.3 Å². The zero-order valence-corrected chi connectivity index (χ0v) is 19.7. The van der Waals surface area contributed by atoms with E-state index in [-0.39, 0.29) is 5.54 Å². The molecule has 38 heavy (non-hydrogen) atoms. The molecule has 2 fully saturated rings. The summed E-state index contributed by atoms with van der Waals surface area (Å²) < 4.78 is 63.5. The molecule has 0 atom stereocenters. The van der Waals surface area contributed by atoms with Gasteiger partial charge in [-0.15, -0.1) is 0 Å². The van der Waals surface area contributed by atoms with Gasteiger partial charge in [0.2, 0.25) is 5.91 Å². The minimum atomic E-state index is -5.08. The van der Waals surface area contributed by atoms with E-state index in [0.717, 1.165) is 37.9 Å². The summed E-state index contributed by atoms with van der Waals surface area (Å²) in [6, 6.07) is 8.10. The summed E-state index contributed by atoms with van der Waals surface area (Å²) in [4.78, 5) is 43.1. The highest BCUT2D eigenvalue weighted by Gasteiger charge is 2.46. The number of piperidine rings is 1. The zero-order chi connectivity index (χ0) is 28.6. The highest BCUT2D eigenvalue weighted by molar-refractivity contribution is 5.80. The van der Waals surface area contributed by atoms with Crippen LogP contribution in [0, 0.1) is 0 Å². The van der Waals surface area contributed by atoms with E-state index in [0.29, 0.717) is 18.9 Å². The molecule has 208 valence electrons. The maximum atomic E-state index is 12.5. The number of nitrogens with zero attached hydrogens (tertiary/aromatic N) is 4. The molecule has 0 aliphatic carbocycles. The molecule has 15 heteroatoms. The largest absolute Gasteiger partial charge is 0.490 e. The summed E-state index contributed by atoms with van der Waals surface area (Å²) in [5.41, 5.74) is 2.37. The van der Waals surface area contributed by atoms with Gasteiger partial charge in [0, 0.05) is 50.2 Å². The SMILES string of the molecule is O=C(O)C(F)(F)F.O=C(O)C(F)(F)F.O=C1CCC2(CCN(c3cccnc3)CC2)N1Cc1ccncc1. The first-order valence-corrected chi connectivity index (χ1v) is 11.1. The number of aliphatic carboxylic acids is 2. The van der Waals surface area contributed by atoms with Crippen LogP contribution in [0.15, 0.2) is 49.1 Å². The Hall–Kier alpha value is -3.91. The molecule has 2 saturated heterocycles. The van der Waals surface area contributed by atoms with Crippen LogP contribution in [0.4, 0.5) is 32.0 Å². The van der Waals surface area contributed by atoms with Gasteiger partial charge in [0.15, 0.2) is 0 Å². The van der Waals surface area contributed by atoms with Crippen molar-refractivity contribution in [1.29, 1.82) is 0 Å². The first kappa shape index (κ1) is 30.3. The third-order valence-corrected chi connectivity index (χ3v) is 5.96. The third-order valence-electron chi connectivity index (χ3n) is 5.96. The Kier molecular flexibility index (Phi) is 10.0. The predicted molar refractivity (Wildman–Crippen MR) is 120 cm³/mol. The first-order valence-electron chi connectivity index (χ1n) is 11.1. The van der Waals surface area contributed by atoms with Crippen molar-refractivity contribution in [3.8, 4) is 0 Å². The van der Waals surface area contributed by atoms with E-state index >= 15 is 0 Å². The van der Waals surface area contributed by atoms with Gasteiger partial charge in [-0.3, -0.25) is 14.8 Å². The summed E-state index contributed by atoms with van der Waals surface area (Å²) in [5, 5.41) is 14.2. The summed E-state index contributed by atoms with van der Waals surface area (Å²) in [6.07, 6.45) is 0.877. The number of hydrogen-bond acceptors (Lipinski definition) is 6. The number of anilines is 1. The molecular weight excluding hydrogens is 526 g/mol. The number of aromatic nitrogens is 2. The molecule has 1 spiro atoms. The van der Waals surface area contributed by atoms with E-state index in [1.54, 1.807) is 18.6 Å². The molecule has 0 aromatic carbocycles. The Bertz CT molecular complexity index is 1050. The quantitative estimate of drug-likeness (QED) is 0.552. The highest BCUT2D eigenvalue weighted by Crippen LogP contribution is 2.40. The van der Waals surface area contributed by atoms with Gasteiger partial charge < -0.3 is 20.0 Å². The van der Waals surface area contributed by atoms with Crippen molar-refractivity contribution >= 4 is 23.5 Å². The van der Waals surface area contributed by atoms with Crippen LogP contribution >= 0.6 is 0 Å². The van der Waals surface area contributed by atoms with Gasteiger partial charge in [-0.25, -0.2) is 9.59 Å². The van der Waals surface area contributed by atoms with E-state index in [4.69, 9.17) is 19.8 Å². The molecule has 2 N–H and O–H groups in total. The number of pyridine rings is 2. The topological polar surface area (TPSA) is 124 Å². The first-order chi connectivity index (χ1) is 17.7. The molecule has 9 nitrogen and oxygen atoms in total. The van der Waals surface area contributed by atoms with E-state index < -0.39 is 24.3 Å². The van der Waals surface area contributed by atoms with Crippen LogP contribution in [-0.4, -0.2) is 73.9 Å². The Morgan fingerprint density at radius 2 is 1.39 bits per heavy atom. The van der Waals surface area contributed by atoms with Crippen molar-refractivity contribution in [3.05, 3.63) is 54.6 Å². The Balaban J connectivity index is 0.000000301. The van der Waals surface area contributed by atoms with Gasteiger partial charge in [-0.2, -0.15) is 26.3 Å². The number of rotatable bonds is 3. The van der Waals surface area contributed by atoms with E-state index in [1.165, 1.54) is 5.69 Å². The molecule has 2 aliphatic heterocycles. The number of carbonyl (C=O) groups excluding carboxylic acids is 1. The summed E-state index contributed by atoms with van der Waals surface area (Å²) in [7, 11) is 0. The maximum absolute atomic E-state index is 12.5. The lowest BCUT2D eigenvalue weighted by atomic mass is 9.84. The molecule has 0 saturated carbocycles. The second-order valence-corrected chi connectivity index (χ2v) is 8.36. The van der Waals surface area contributed by atoms with Crippen LogP contribution in [0.3, 0.4) is 0 Å². The number of alkyl halides is 6. The molecule has 0 unspecified atom stereocenters. The molecule has 1 amide bonds. The Morgan fingerprint density at radius 1 is 0.868 bits per heavy atom. The van der Waals surface area contributed by atoms with Crippen molar-refractivity contribution in [2.24, 2.45) is 0 Å². The smallest absolute Gasteiger partial charge is 0.475 e. The monoisotopic (exact) mass is 550 g/mol. The van der Waals surface area contributed by atoms with Gasteiger partial charge in [0.1, 0.15) is 0 Å². The lowest BCUT2D eigenvalue weighted by Gasteiger charge is -2.45. The molecule has 0 radical (unpaired) electrons. The van der Waals surface area contributed by atoms with Crippen LogP contribution in [0.25, 0.3) is 0 Å². The number of halogens is 6. The second-order valence-electron chi connectivity index (χ2n) is 8.36. The van der Waals surface area contributed by atoms with Crippen molar-refractivity contribution < 1.29 is 50.9 Å². The molecule has 4 rings (SSSR count). The summed E-state index contributed by atoms with van der Waals surface area (Å²) >= 11 is 0.